The van der Waals surface area contributed by atoms with Crippen LogP contribution in [0.2, 0.25) is 0 Å². The molecule has 0 aromatic rings. The van der Waals surface area contributed by atoms with E-state index in [0.717, 1.165) is 6.42 Å². The van der Waals surface area contributed by atoms with Crippen LogP contribution in [0.1, 0.15) is 26.2 Å². The first-order valence-electron chi connectivity index (χ1n) is 6.34. The number of carbonyl (C=O) groups excluding carboxylic acids is 1. The second kappa shape index (κ2) is 8.78. The monoisotopic (exact) mass is 260 g/mol. The molecule has 0 saturated carbocycles. The topological polar surface area (TPSA) is 50.4 Å². The van der Waals surface area contributed by atoms with Crippen LogP contribution >= 0.6 is 11.8 Å². The smallest absolute Gasteiger partial charge is 0.236 e. The molecular formula is C12H24N2O2S. The second-order valence-electron chi connectivity index (χ2n) is 4.41. The Bertz CT molecular complexity index is 221. The highest BCUT2D eigenvalue weighted by molar-refractivity contribution is 7.99. The Morgan fingerprint density at radius 1 is 1.47 bits per heavy atom. The van der Waals surface area contributed by atoms with Crippen molar-refractivity contribution in [3.05, 3.63) is 0 Å². The third kappa shape index (κ3) is 6.29. The number of nitrogens with one attached hydrogen (secondary N) is 2. The van der Waals surface area contributed by atoms with Gasteiger partial charge in [0, 0.05) is 26.3 Å². The number of hydrogen-bond donors (Lipinski definition) is 2. The molecule has 17 heavy (non-hydrogen) atoms. The number of thioether (sulfide) groups is 1. The van der Waals surface area contributed by atoms with Crippen LogP contribution in [0.5, 0.6) is 0 Å². The molecule has 1 fully saturated rings. The number of hydrogen-bond acceptors (Lipinski definition) is 4. The van der Waals surface area contributed by atoms with Gasteiger partial charge in [-0.15, -0.1) is 0 Å². The number of ether oxygens (including phenoxy) is 1. The van der Waals surface area contributed by atoms with Crippen molar-refractivity contribution < 1.29 is 9.53 Å². The summed E-state index contributed by atoms with van der Waals surface area (Å²) < 4.78 is 4.94. The lowest BCUT2D eigenvalue weighted by Gasteiger charge is -2.25. The number of carbonyl (C=O) groups is 1. The fraction of sp³-hybridized carbons (Fsp3) is 0.917. The van der Waals surface area contributed by atoms with E-state index in [1.54, 1.807) is 7.11 Å². The van der Waals surface area contributed by atoms with Crippen LogP contribution in [-0.4, -0.2) is 49.8 Å². The molecule has 1 rings (SSSR count). The van der Waals surface area contributed by atoms with E-state index in [4.69, 9.17) is 4.74 Å². The summed E-state index contributed by atoms with van der Waals surface area (Å²) in [6, 6.07) is 0.418. The third-order valence-corrected chi connectivity index (χ3v) is 3.97. The summed E-state index contributed by atoms with van der Waals surface area (Å²) in [5, 5.41) is 6.32. The molecule has 4 nitrogen and oxygen atoms in total. The Morgan fingerprint density at radius 3 is 2.82 bits per heavy atom. The second-order valence-corrected chi connectivity index (χ2v) is 5.64. The first kappa shape index (κ1) is 14.8. The first-order chi connectivity index (χ1) is 8.24. The Balaban J connectivity index is 2.12. The van der Waals surface area contributed by atoms with Crippen molar-refractivity contribution in [3.63, 3.8) is 0 Å². The van der Waals surface area contributed by atoms with Gasteiger partial charge in [-0.05, 0) is 37.7 Å². The molecule has 1 aliphatic rings. The van der Waals surface area contributed by atoms with E-state index in [2.05, 4.69) is 10.6 Å². The highest BCUT2D eigenvalue weighted by atomic mass is 32.2. The largest absolute Gasteiger partial charge is 0.385 e. The SMILES string of the molecule is COCCCNC(=O)C(C)NC1CCSCC1. The molecular weight excluding hydrogens is 236 g/mol. The molecule has 1 amide bonds. The summed E-state index contributed by atoms with van der Waals surface area (Å²) in [7, 11) is 1.67. The minimum absolute atomic E-state index is 0.0920. The molecule has 1 atom stereocenters. The fourth-order valence-corrected chi connectivity index (χ4v) is 2.98. The summed E-state index contributed by atoms with van der Waals surface area (Å²) in [6.07, 6.45) is 3.22. The van der Waals surface area contributed by atoms with Gasteiger partial charge in [0.05, 0.1) is 6.04 Å². The lowest BCUT2D eigenvalue weighted by Crippen LogP contribution is -2.47. The van der Waals surface area contributed by atoms with Crippen LogP contribution in [-0.2, 0) is 9.53 Å². The van der Waals surface area contributed by atoms with Gasteiger partial charge < -0.3 is 15.4 Å². The van der Waals surface area contributed by atoms with Gasteiger partial charge in [0.15, 0.2) is 0 Å². The van der Waals surface area contributed by atoms with Crippen molar-refractivity contribution in [2.75, 3.05) is 31.8 Å². The summed E-state index contributed by atoms with van der Waals surface area (Å²) in [5.41, 5.74) is 0. The van der Waals surface area contributed by atoms with E-state index < -0.39 is 0 Å². The molecule has 0 radical (unpaired) electrons. The van der Waals surface area contributed by atoms with Crippen LogP contribution in [0.3, 0.4) is 0 Å². The standard InChI is InChI=1S/C12H24N2O2S/c1-10(12(15)13-6-3-7-16-2)14-11-4-8-17-9-5-11/h10-11,14H,3-9H2,1-2H3,(H,13,15). The van der Waals surface area contributed by atoms with Crippen LogP contribution in [0, 0.1) is 0 Å². The van der Waals surface area contributed by atoms with Crippen molar-refractivity contribution in [1.82, 2.24) is 10.6 Å². The summed E-state index contributed by atoms with van der Waals surface area (Å²) in [5.74, 6) is 2.51. The molecule has 0 aromatic heterocycles. The lowest BCUT2D eigenvalue weighted by molar-refractivity contribution is -0.123. The van der Waals surface area contributed by atoms with E-state index in [9.17, 15) is 4.79 Å². The van der Waals surface area contributed by atoms with Gasteiger partial charge in [-0.3, -0.25) is 4.79 Å². The van der Waals surface area contributed by atoms with Gasteiger partial charge in [-0.2, -0.15) is 11.8 Å². The van der Waals surface area contributed by atoms with Gasteiger partial charge in [0.1, 0.15) is 0 Å². The Kier molecular flexibility index (Phi) is 7.64. The Labute approximate surface area is 108 Å². The molecule has 0 aromatic carbocycles. The van der Waals surface area contributed by atoms with E-state index in [1.165, 1.54) is 24.3 Å². The molecule has 0 spiro atoms. The van der Waals surface area contributed by atoms with Crippen LogP contribution < -0.4 is 10.6 Å². The predicted octanol–water partition coefficient (Wildman–Crippen LogP) is 1.01. The van der Waals surface area contributed by atoms with Crippen LogP contribution in [0.4, 0.5) is 0 Å². The Morgan fingerprint density at radius 2 is 2.18 bits per heavy atom. The predicted molar refractivity (Wildman–Crippen MR) is 72.4 cm³/mol. The zero-order chi connectivity index (χ0) is 12.5. The highest BCUT2D eigenvalue weighted by Crippen LogP contribution is 2.17. The molecule has 5 heteroatoms. The molecule has 100 valence electrons. The van der Waals surface area contributed by atoms with E-state index in [-0.39, 0.29) is 11.9 Å². The molecule has 1 heterocycles. The lowest BCUT2D eigenvalue weighted by atomic mass is 10.1. The van der Waals surface area contributed by atoms with E-state index >= 15 is 0 Å². The van der Waals surface area contributed by atoms with E-state index in [1.807, 2.05) is 18.7 Å². The average molecular weight is 260 g/mol. The highest BCUT2D eigenvalue weighted by Gasteiger charge is 2.19. The summed E-state index contributed by atoms with van der Waals surface area (Å²) >= 11 is 2.00. The fourth-order valence-electron chi connectivity index (χ4n) is 1.87. The molecule has 1 saturated heterocycles. The van der Waals surface area contributed by atoms with Crippen molar-refractivity contribution in [1.29, 1.82) is 0 Å². The van der Waals surface area contributed by atoms with Gasteiger partial charge in [0.25, 0.3) is 0 Å². The van der Waals surface area contributed by atoms with Crippen molar-refractivity contribution in [2.45, 2.75) is 38.3 Å². The van der Waals surface area contributed by atoms with Crippen molar-refractivity contribution >= 4 is 17.7 Å². The quantitative estimate of drug-likeness (QED) is 0.671. The van der Waals surface area contributed by atoms with Crippen molar-refractivity contribution in [2.24, 2.45) is 0 Å². The maximum atomic E-state index is 11.8. The maximum absolute atomic E-state index is 11.8. The van der Waals surface area contributed by atoms with E-state index in [0.29, 0.717) is 19.2 Å². The minimum Gasteiger partial charge on any atom is -0.385 e. The van der Waals surface area contributed by atoms with Gasteiger partial charge in [0.2, 0.25) is 5.91 Å². The molecule has 0 bridgehead atoms. The number of amides is 1. The Hall–Kier alpha value is -0.260. The number of methoxy groups -OCH3 is 1. The van der Waals surface area contributed by atoms with Crippen molar-refractivity contribution in [3.8, 4) is 0 Å². The first-order valence-corrected chi connectivity index (χ1v) is 7.50. The molecule has 1 unspecified atom stereocenters. The molecule has 2 N–H and O–H groups in total. The zero-order valence-corrected chi connectivity index (χ0v) is 11.6. The van der Waals surface area contributed by atoms with Crippen LogP contribution in [0.15, 0.2) is 0 Å². The third-order valence-electron chi connectivity index (χ3n) is 2.92. The summed E-state index contributed by atoms with van der Waals surface area (Å²) in [4.78, 5) is 11.8. The minimum atomic E-state index is -0.0920. The maximum Gasteiger partial charge on any atom is 0.236 e. The molecule has 1 aliphatic heterocycles. The normalized spacial score (nSPS) is 18.9. The van der Waals surface area contributed by atoms with Gasteiger partial charge in [-0.25, -0.2) is 0 Å². The molecule has 0 aliphatic carbocycles. The zero-order valence-electron chi connectivity index (χ0n) is 10.8. The van der Waals surface area contributed by atoms with Crippen LogP contribution in [0.25, 0.3) is 0 Å². The van der Waals surface area contributed by atoms with Gasteiger partial charge in [-0.1, -0.05) is 0 Å². The van der Waals surface area contributed by atoms with Gasteiger partial charge >= 0.3 is 0 Å². The summed E-state index contributed by atoms with van der Waals surface area (Å²) in [6.45, 7) is 3.33. The average Bonchev–Trinajstić information content (AvgIpc) is 2.35. The number of rotatable bonds is 7.